The van der Waals surface area contributed by atoms with Crippen molar-refractivity contribution in [1.82, 2.24) is 9.80 Å². The molecule has 8 saturated carbocycles. The van der Waals surface area contributed by atoms with Crippen LogP contribution in [-0.2, 0) is 48.2 Å². The standard InChI is InChI=1S/C62H98N2O10/c1-39(15-25-55(67)63-31-11-9-12-32-63)47-21-23-49-45-19-17-43-37-61(29-27-57(43,5)51(45)35-53(59(47,49)7)69-41(3)65)71-73-62(74-72-61)30-28-58(6)44(38-62)18-20-46-50-24-22-48(60(50,8)54(36-52(46)58)70-42(4)66)40(2)16-26-56(68)64-33-13-10-14-34-64/h39-40,43-54H,9-38H2,1-8H3/t39-,40-,43-,44-,45+,46+,47-,48-,49+,50+,51+,52+,53+,54+,57+,58+,59-,60-,61?,62?/m1/s1. The van der Waals surface area contributed by atoms with E-state index < -0.39 is 11.6 Å². The first kappa shape index (κ1) is 53.7. The van der Waals surface area contributed by atoms with E-state index in [1.54, 1.807) is 13.8 Å². The van der Waals surface area contributed by atoms with Crippen LogP contribution in [-0.4, -0.2) is 83.5 Å². The molecule has 0 radical (unpaired) electrons. The van der Waals surface area contributed by atoms with Crippen LogP contribution < -0.4 is 0 Å². The van der Waals surface area contributed by atoms with Gasteiger partial charge < -0.3 is 19.3 Å². The Bertz CT molecular complexity index is 1940. The summed E-state index contributed by atoms with van der Waals surface area (Å²) in [5.41, 5.74) is -0.102. The van der Waals surface area contributed by atoms with Gasteiger partial charge in [0.25, 0.3) is 0 Å². The zero-order valence-corrected chi connectivity index (χ0v) is 47.3. The van der Waals surface area contributed by atoms with Crippen LogP contribution in [0.1, 0.15) is 222 Å². The minimum absolute atomic E-state index is 0.0505. The predicted molar refractivity (Wildman–Crippen MR) is 280 cm³/mol. The highest BCUT2D eigenvalue weighted by Gasteiger charge is 2.70. The molecular weight excluding hydrogens is 933 g/mol. The molecular formula is C62H98N2O10. The van der Waals surface area contributed by atoms with Crippen LogP contribution >= 0.6 is 0 Å². The quantitative estimate of drug-likeness (QED) is 0.154. The molecule has 3 heterocycles. The zero-order chi connectivity index (χ0) is 52.0. The number of hydrogen-bond acceptors (Lipinski definition) is 10. The monoisotopic (exact) mass is 1030 g/mol. The fourth-order valence-electron chi connectivity index (χ4n) is 21.3. The molecule has 0 bridgehead atoms. The molecule has 12 heteroatoms. The largest absolute Gasteiger partial charge is 0.462 e. The van der Waals surface area contributed by atoms with E-state index in [4.69, 9.17) is 29.0 Å². The second kappa shape index (κ2) is 20.4. The number of rotatable bonds is 10. The smallest absolute Gasteiger partial charge is 0.302 e. The number of esters is 2. The lowest BCUT2D eigenvalue weighted by Crippen LogP contribution is -2.63. The van der Waals surface area contributed by atoms with E-state index in [1.165, 1.54) is 25.7 Å². The lowest BCUT2D eigenvalue weighted by atomic mass is 9.43. The van der Waals surface area contributed by atoms with Gasteiger partial charge in [-0.05, 0) is 210 Å². The fraction of sp³-hybridized carbons (Fsp3) is 0.935. The highest BCUT2D eigenvalue weighted by Crippen LogP contribution is 2.72. The van der Waals surface area contributed by atoms with Gasteiger partial charge in [0.2, 0.25) is 23.4 Å². The molecule has 74 heavy (non-hydrogen) atoms. The van der Waals surface area contributed by atoms with Gasteiger partial charge in [0.15, 0.2) is 0 Å². The van der Waals surface area contributed by atoms with Crippen molar-refractivity contribution >= 4 is 23.8 Å². The Morgan fingerprint density at radius 3 is 1.24 bits per heavy atom. The molecule has 0 unspecified atom stereocenters. The van der Waals surface area contributed by atoms with E-state index in [1.807, 2.05) is 0 Å². The number of nitrogens with zero attached hydrogens (tertiary/aromatic N) is 2. The Kier molecular flexibility index (Phi) is 14.8. The first-order valence-corrected chi connectivity index (χ1v) is 31.0. The summed E-state index contributed by atoms with van der Waals surface area (Å²) in [6, 6.07) is 0. The second-order valence-electron chi connectivity index (χ2n) is 28.6. The number of hydrogen-bond donors (Lipinski definition) is 0. The summed E-state index contributed by atoms with van der Waals surface area (Å²) in [6.07, 6.45) is 25.4. The summed E-state index contributed by atoms with van der Waals surface area (Å²) >= 11 is 0. The van der Waals surface area contributed by atoms with E-state index >= 15 is 0 Å². The van der Waals surface area contributed by atoms with E-state index in [9.17, 15) is 19.2 Å². The summed E-state index contributed by atoms with van der Waals surface area (Å²) in [7, 11) is 0. The first-order valence-electron chi connectivity index (χ1n) is 31.0. The van der Waals surface area contributed by atoms with Crippen molar-refractivity contribution in [3.05, 3.63) is 0 Å². The minimum Gasteiger partial charge on any atom is -0.462 e. The molecule has 0 aromatic rings. The van der Waals surface area contributed by atoms with E-state index in [0.29, 0.717) is 109 Å². The molecule has 0 N–H and O–H groups in total. The maximum absolute atomic E-state index is 13.3. The zero-order valence-electron chi connectivity index (χ0n) is 47.3. The molecule has 11 rings (SSSR count). The Labute approximate surface area is 445 Å². The average Bonchev–Trinajstić information content (AvgIpc) is 3.98. The lowest BCUT2D eigenvalue weighted by Gasteiger charge is -2.65. The van der Waals surface area contributed by atoms with Crippen molar-refractivity contribution in [2.24, 2.45) is 92.7 Å². The maximum Gasteiger partial charge on any atom is 0.302 e. The first-order chi connectivity index (χ1) is 35.3. The molecule has 18 atom stereocenters. The summed E-state index contributed by atoms with van der Waals surface area (Å²) < 4.78 is 13.0. The van der Waals surface area contributed by atoms with Crippen LogP contribution in [0.15, 0.2) is 0 Å². The molecule has 3 aliphatic heterocycles. The Morgan fingerprint density at radius 1 is 0.500 bits per heavy atom. The summed E-state index contributed by atoms with van der Waals surface area (Å²) in [6.45, 7) is 21.5. The van der Waals surface area contributed by atoms with Crippen molar-refractivity contribution in [3.63, 3.8) is 0 Å². The fourth-order valence-corrected chi connectivity index (χ4v) is 21.3. The molecule has 11 fully saturated rings. The van der Waals surface area contributed by atoms with Crippen LogP contribution in [0.3, 0.4) is 0 Å². The highest BCUT2D eigenvalue weighted by atomic mass is 17.4. The van der Waals surface area contributed by atoms with Gasteiger partial charge in [-0.1, -0.05) is 41.5 Å². The van der Waals surface area contributed by atoms with Crippen LogP contribution in [0.2, 0.25) is 0 Å². The van der Waals surface area contributed by atoms with E-state index in [0.717, 1.165) is 142 Å². The van der Waals surface area contributed by atoms with E-state index in [2.05, 4.69) is 51.3 Å². The van der Waals surface area contributed by atoms with Crippen LogP contribution in [0, 0.1) is 92.7 Å². The number of ether oxygens (including phenoxy) is 2. The average molecular weight is 1030 g/mol. The minimum atomic E-state index is -0.944. The van der Waals surface area contributed by atoms with Gasteiger partial charge in [0.1, 0.15) is 12.2 Å². The van der Waals surface area contributed by atoms with Gasteiger partial charge in [0.05, 0.1) is 0 Å². The lowest BCUT2D eigenvalue weighted by molar-refractivity contribution is -0.667. The predicted octanol–water partition coefficient (Wildman–Crippen LogP) is 12.5. The van der Waals surface area contributed by atoms with Crippen molar-refractivity contribution in [2.45, 2.75) is 246 Å². The van der Waals surface area contributed by atoms with Gasteiger partial charge in [-0.15, -0.1) is 0 Å². The molecule has 2 spiro atoms. The molecule has 3 saturated heterocycles. The van der Waals surface area contributed by atoms with Gasteiger partial charge >= 0.3 is 11.9 Å². The number of carbonyl (C=O) groups excluding carboxylic acids is 4. The topological polar surface area (TPSA) is 130 Å². The number of likely N-dealkylation sites (tertiary alicyclic amines) is 2. The third-order valence-corrected chi connectivity index (χ3v) is 25.3. The van der Waals surface area contributed by atoms with Gasteiger partial charge in [-0.25, -0.2) is 0 Å². The Morgan fingerprint density at radius 2 is 0.878 bits per heavy atom. The molecule has 416 valence electrons. The summed E-state index contributed by atoms with van der Waals surface area (Å²) in [5, 5.41) is 0. The van der Waals surface area contributed by atoms with Crippen molar-refractivity contribution in [2.75, 3.05) is 26.2 Å². The molecule has 8 aliphatic carbocycles. The SMILES string of the molecule is CC(=O)O[C@H]1C[C@H]2[C@@H](CC[C@@H]3CC4(CC[C@@]32C)OOC2(CC[C@@]3(C)[C@H](CC[C@@H]5[C@@H]3C[C@H](OC(C)=O)[C@]3(C)[C@@H]([C@H](C)CCC(=O)N6CCCCC6)CC[C@@H]53)C2)OO4)[C@@H]2CC[C@H]([C@H](C)CCC(=O)N3CCCCC3)[C@@]12C. The molecule has 2 amide bonds. The molecule has 11 aliphatic rings. The molecule has 0 aromatic heterocycles. The Hall–Kier alpha value is -2.28. The van der Waals surface area contributed by atoms with Crippen LogP contribution in [0.5, 0.6) is 0 Å². The maximum atomic E-state index is 13.3. The van der Waals surface area contributed by atoms with Crippen molar-refractivity contribution in [1.29, 1.82) is 0 Å². The third-order valence-electron chi connectivity index (χ3n) is 25.3. The summed E-state index contributed by atoms with van der Waals surface area (Å²) in [5.74, 6) is 3.79. The van der Waals surface area contributed by atoms with Gasteiger partial charge in [-0.2, -0.15) is 19.6 Å². The van der Waals surface area contributed by atoms with Crippen LogP contribution in [0.4, 0.5) is 0 Å². The summed E-state index contributed by atoms with van der Waals surface area (Å²) in [4.78, 5) is 83.2. The molecule has 12 nitrogen and oxygen atoms in total. The number of amides is 2. The number of piperidine rings is 2. The second-order valence-corrected chi connectivity index (χ2v) is 28.6. The number of fused-ring (bicyclic) bond motifs is 10. The van der Waals surface area contributed by atoms with Crippen molar-refractivity contribution < 1.29 is 48.2 Å². The molecule has 0 aromatic carbocycles. The normalized spacial score (nSPS) is 47.5. The Balaban J connectivity index is 0.723. The van der Waals surface area contributed by atoms with Crippen molar-refractivity contribution in [3.8, 4) is 0 Å². The third kappa shape index (κ3) is 9.15. The number of carbonyl (C=O) groups is 4. The van der Waals surface area contributed by atoms with E-state index in [-0.39, 0.29) is 45.8 Å². The van der Waals surface area contributed by atoms with Gasteiger partial charge in [-0.3, -0.25) is 19.2 Å². The van der Waals surface area contributed by atoms with Crippen LogP contribution in [0.25, 0.3) is 0 Å². The van der Waals surface area contributed by atoms with Gasteiger partial charge in [0, 0.05) is 89.4 Å². The highest BCUT2D eigenvalue weighted by molar-refractivity contribution is 5.76.